The number of hydrogen-bond acceptors (Lipinski definition) is 3. The van der Waals surface area contributed by atoms with Crippen LogP contribution in [0.15, 0.2) is 24.3 Å². The fourth-order valence-electron chi connectivity index (χ4n) is 1.94. The quantitative estimate of drug-likeness (QED) is 0.866. The summed E-state index contributed by atoms with van der Waals surface area (Å²) in [4.78, 5) is 0. The molecule has 1 aromatic carbocycles. The summed E-state index contributed by atoms with van der Waals surface area (Å²) in [6, 6.07) is 7.45. The van der Waals surface area contributed by atoms with Gasteiger partial charge in [-0.05, 0) is 19.9 Å². The van der Waals surface area contributed by atoms with Gasteiger partial charge in [0, 0.05) is 10.6 Å². The van der Waals surface area contributed by atoms with Crippen LogP contribution in [0.2, 0.25) is 5.02 Å². The van der Waals surface area contributed by atoms with Gasteiger partial charge in [0.2, 0.25) is 0 Å². The summed E-state index contributed by atoms with van der Waals surface area (Å²) in [5.41, 5.74) is 0.855. The SMILES string of the molecule is CC1(C)O[C@@H](CO)[C@H](c2ccccc2Cl)O1. The lowest BCUT2D eigenvalue weighted by atomic mass is 10.1. The standard InChI is InChI=1S/C12H15ClO3/c1-12(2)15-10(7-14)11(16-12)8-5-3-4-6-9(8)13/h3-6,10-11,14H,7H2,1-2H3/t10-,11-/m0/s1. The zero-order valence-corrected chi connectivity index (χ0v) is 10.1. The molecule has 88 valence electrons. The Morgan fingerprint density at radius 1 is 1.31 bits per heavy atom. The first-order valence-corrected chi connectivity index (χ1v) is 5.62. The molecular weight excluding hydrogens is 228 g/mol. The van der Waals surface area contributed by atoms with Crippen molar-refractivity contribution in [2.75, 3.05) is 6.61 Å². The molecule has 0 spiro atoms. The second-order valence-electron chi connectivity index (χ2n) is 4.30. The van der Waals surface area contributed by atoms with E-state index >= 15 is 0 Å². The molecule has 0 aliphatic carbocycles. The Morgan fingerprint density at radius 3 is 2.62 bits per heavy atom. The minimum absolute atomic E-state index is 0.0840. The summed E-state index contributed by atoms with van der Waals surface area (Å²) in [5, 5.41) is 9.90. The Hall–Kier alpha value is -0.610. The molecule has 0 radical (unpaired) electrons. The van der Waals surface area contributed by atoms with E-state index in [0.29, 0.717) is 5.02 Å². The van der Waals surface area contributed by atoms with Gasteiger partial charge in [-0.15, -0.1) is 0 Å². The lowest BCUT2D eigenvalue weighted by Crippen LogP contribution is -2.23. The second kappa shape index (κ2) is 4.34. The number of ether oxygens (including phenoxy) is 2. The van der Waals surface area contributed by atoms with E-state index in [1.54, 1.807) is 6.07 Å². The van der Waals surface area contributed by atoms with Crippen LogP contribution in [-0.2, 0) is 9.47 Å². The number of aliphatic hydroxyl groups is 1. The van der Waals surface area contributed by atoms with Gasteiger partial charge in [-0.2, -0.15) is 0 Å². The number of aliphatic hydroxyl groups excluding tert-OH is 1. The first kappa shape index (κ1) is 11.9. The summed E-state index contributed by atoms with van der Waals surface area (Å²) in [5.74, 6) is -0.683. The molecule has 2 atom stereocenters. The average Bonchev–Trinajstić information content (AvgIpc) is 2.54. The molecule has 0 aromatic heterocycles. The van der Waals surface area contributed by atoms with Crippen LogP contribution >= 0.6 is 11.6 Å². The number of rotatable bonds is 2. The van der Waals surface area contributed by atoms with Crippen molar-refractivity contribution in [3.8, 4) is 0 Å². The van der Waals surface area contributed by atoms with Crippen LogP contribution in [0.25, 0.3) is 0 Å². The molecule has 4 heteroatoms. The Labute approximate surface area is 99.9 Å². The van der Waals surface area contributed by atoms with Gasteiger partial charge < -0.3 is 14.6 Å². The first-order chi connectivity index (χ1) is 7.53. The monoisotopic (exact) mass is 242 g/mol. The van der Waals surface area contributed by atoms with Gasteiger partial charge in [0.25, 0.3) is 0 Å². The molecule has 0 bridgehead atoms. The largest absolute Gasteiger partial charge is 0.394 e. The first-order valence-electron chi connectivity index (χ1n) is 5.24. The third-order valence-corrected chi connectivity index (χ3v) is 2.92. The van der Waals surface area contributed by atoms with Crippen molar-refractivity contribution in [1.29, 1.82) is 0 Å². The Morgan fingerprint density at radius 2 is 2.00 bits per heavy atom. The van der Waals surface area contributed by atoms with Crippen molar-refractivity contribution < 1.29 is 14.6 Å². The lowest BCUT2D eigenvalue weighted by Gasteiger charge is -2.17. The number of halogens is 1. The van der Waals surface area contributed by atoms with Crippen LogP contribution in [-0.4, -0.2) is 23.6 Å². The summed E-state index contributed by atoms with van der Waals surface area (Å²) >= 11 is 6.10. The number of benzene rings is 1. The molecule has 1 fully saturated rings. The van der Waals surface area contributed by atoms with E-state index in [4.69, 9.17) is 21.1 Å². The van der Waals surface area contributed by atoms with Crippen molar-refractivity contribution in [2.45, 2.75) is 31.8 Å². The van der Waals surface area contributed by atoms with Crippen molar-refractivity contribution >= 4 is 11.6 Å². The van der Waals surface area contributed by atoms with Crippen LogP contribution in [0.1, 0.15) is 25.5 Å². The van der Waals surface area contributed by atoms with Crippen LogP contribution in [0, 0.1) is 0 Å². The van der Waals surface area contributed by atoms with Gasteiger partial charge in [0.15, 0.2) is 5.79 Å². The highest BCUT2D eigenvalue weighted by Gasteiger charge is 2.42. The van der Waals surface area contributed by atoms with Crippen LogP contribution in [0.3, 0.4) is 0 Å². The highest BCUT2D eigenvalue weighted by molar-refractivity contribution is 6.31. The molecule has 1 aromatic rings. The van der Waals surface area contributed by atoms with Crippen molar-refractivity contribution in [2.24, 2.45) is 0 Å². The van der Waals surface area contributed by atoms with E-state index in [-0.39, 0.29) is 18.8 Å². The molecule has 1 heterocycles. The maximum absolute atomic E-state index is 9.27. The van der Waals surface area contributed by atoms with Gasteiger partial charge in [-0.25, -0.2) is 0 Å². The zero-order valence-electron chi connectivity index (χ0n) is 9.31. The topological polar surface area (TPSA) is 38.7 Å². The molecule has 3 nitrogen and oxygen atoms in total. The Balaban J connectivity index is 2.30. The lowest BCUT2D eigenvalue weighted by molar-refractivity contribution is -0.149. The molecule has 0 saturated carbocycles. The minimum Gasteiger partial charge on any atom is -0.394 e. The fourth-order valence-corrected chi connectivity index (χ4v) is 2.18. The smallest absolute Gasteiger partial charge is 0.164 e. The van der Waals surface area contributed by atoms with E-state index in [9.17, 15) is 5.11 Å². The second-order valence-corrected chi connectivity index (χ2v) is 4.71. The van der Waals surface area contributed by atoms with Gasteiger partial charge >= 0.3 is 0 Å². The highest BCUT2D eigenvalue weighted by Crippen LogP contribution is 2.40. The molecule has 1 saturated heterocycles. The molecular formula is C12H15ClO3. The molecule has 1 aliphatic rings. The molecule has 0 amide bonds. The fraction of sp³-hybridized carbons (Fsp3) is 0.500. The highest BCUT2D eigenvalue weighted by atomic mass is 35.5. The Kier molecular flexibility index (Phi) is 3.22. The van der Waals surface area contributed by atoms with Gasteiger partial charge in [0.1, 0.15) is 12.2 Å². The summed E-state index contributed by atoms with van der Waals surface area (Å²) in [6.07, 6.45) is -0.677. The average molecular weight is 243 g/mol. The van der Waals surface area contributed by atoms with E-state index in [2.05, 4.69) is 0 Å². The predicted octanol–water partition coefficient (Wildman–Crippen LogP) is 2.52. The minimum atomic E-state index is -0.683. The summed E-state index contributed by atoms with van der Waals surface area (Å²) < 4.78 is 11.3. The van der Waals surface area contributed by atoms with Crippen LogP contribution in [0.4, 0.5) is 0 Å². The maximum Gasteiger partial charge on any atom is 0.164 e. The van der Waals surface area contributed by atoms with Crippen molar-refractivity contribution in [3.63, 3.8) is 0 Å². The third-order valence-electron chi connectivity index (χ3n) is 2.58. The summed E-state index contributed by atoms with van der Waals surface area (Å²) in [7, 11) is 0. The number of hydrogen-bond donors (Lipinski definition) is 1. The van der Waals surface area contributed by atoms with E-state index in [0.717, 1.165) is 5.56 Å². The maximum atomic E-state index is 9.27. The van der Waals surface area contributed by atoms with Crippen molar-refractivity contribution in [1.82, 2.24) is 0 Å². The molecule has 1 N–H and O–H groups in total. The molecule has 2 rings (SSSR count). The predicted molar refractivity (Wildman–Crippen MR) is 61.3 cm³/mol. The third kappa shape index (κ3) is 2.23. The van der Waals surface area contributed by atoms with Gasteiger partial charge in [0.05, 0.1) is 6.61 Å². The van der Waals surface area contributed by atoms with Crippen LogP contribution in [0.5, 0.6) is 0 Å². The van der Waals surface area contributed by atoms with Crippen molar-refractivity contribution in [3.05, 3.63) is 34.9 Å². The Bertz CT molecular complexity index is 378. The van der Waals surface area contributed by atoms with E-state index in [1.165, 1.54) is 0 Å². The normalized spacial score (nSPS) is 28.2. The zero-order chi connectivity index (χ0) is 11.8. The molecule has 0 unspecified atom stereocenters. The van der Waals surface area contributed by atoms with Crippen LogP contribution < -0.4 is 0 Å². The molecule has 16 heavy (non-hydrogen) atoms. The summed E-state index contributed by atoms with van der Waals surface area (Å²) in [6.45, 7) is 3.57. The van der Waals surface area contributed by atoms with E-state index < -0.39 is 5.79 Å². The van der Waals surface area contributed by atoms with Gasteiger partial charge in [-0.3, -0.25) is 0 Å². The molecule has 1 aliphatic heterocycles. The van der Waals surface area contributed by atoms with Gasteiger partial charge in [-0.1, -0.05) is 29.8 Å². The van der Waals surface area contributed by atoms with E-state index in [1.807, 2.05) is 32.0 Å².